The molecule has 0 aromatic rings. The van der Waals surface area contributed by atoms with Gasteiger partial charge in [0.15, 0.2) is 0 Å². The first kappa shape index (κ1) is 12.2. The third-order valence-electron chi connectivity index (χ3n) is 2.06. The third kappa shape index (κ3) is 5.43. The van der Waals surface area contributed by atoms with Crippen LogP contribution >= 0.6 is 0 Å². The molecule has 0 aliphatic heterocycles. The Labute approximate surface area is 79.4 Å². The highest BCUT2D eigenvalue weighted by atomic mass is 16.2. The van der Waals surface area contributed by atoms with E-state index >= 15 is 0 Å². The number of rotatable bonds is 6. The Morgan fingerprint density at radius 3 is 2.23 bits per heavy atom. The maximum Gasteiger partial charge on any atom is 0.312 e. The average Bonchev–Trinajstić information content (AvgIpc) is 2.11. The van der Waals surface area contributed by atoms with Crippen LogP contribution in [0.15, 0.2) is 0 Å². The lowest BCUT2D eigenvalue weighted by Crippen LogP contribution is -2.46. The predicted molar refractivity (Wildman–Crippen MR) is 53.3 cm³/mol. The average molecular weight is 188 g/mol. The van der Waals surface area contributed by atoms with Crippen molar-refractivity contribution < 1.29 is 4.79 Å². The van der Waals surface area contributed by atoms with E-state index in [9.17, 15) is 4.79 Å². The number of carbonyl (C=O) groups excluding carboxylic acids is 1. The lowest BCUT2D eigenvalue weighted by Gasteiger charge is -2.22. The van der Waals surface area contributed by atoms with Crippen molar-refractivity contribution in [3.8, 4) is 0 Å². The lowest BCUT2D eigenvalue weighted by molar-refractivity contribution is 0.242. The van der Waals surface area contributed by atoms with Crippen molar-refractivity contribution >= 4 is 6.03 Å². The van der Waals surface area contributed by atoms with E-state index < -0.39 is 6.03 Å². The van der Waals surface area contributed by atoms with Gasteiger partial charge >= 0.3 is 6.03 Å². The molecular weight excluding hydrogens is 168 g/mol. The molecule has 0 spiro atoms. The van der Waals surface area contributed by atoms with Gasteiger partial charge in [0.2, 0.25) is 0 Å². The molecule has 0 aromatic heterocycles. The molecule has 78 valence electrons. The van der Waals surface area contributed by atoms with Gasteiger partial charge in [0.25, 0.3) is 0 Å². The van der Waals surface area contributed by atoms with Gasteiger partial charge in [0, 0.05) is 6.04 Å². The number of amides is 2. The summed E-state index contributed by atoms with van der Waals surface area (Å²) in [6.45, 7) is 2.02. The van der Waals surface area contributed by atoms with E-state index in [1.807, 2.05) is 21.0 Å². The van der Waals surface area contributed by atoms with Gasteiger partial charge in [-0.1, -0.05) is 6.92 Å². The Bertz CT molecular complexity index is 147. The number of hydrogen-bond acceptors (Lipinski definition) is 3. The molecule has 0 saturated heterocycles. The second-order valence-corrected chi connectivity index (χ2v) is 2.98. The Morgan fingerprint density at radius 2 is 1.92 bits per heavy atom. The SMILES string of the molecule is CCC(CC(NC)NC)NC(N)=O. The first-order valence-corrected chi connectivity index (χ1v) is 4.54. The van der Waals surface area contributed by atoms with Gasteiger partial charge in [0.1, 0.15) is 0 Å². The van der Waals surface area contributed by atoms with Crippen molar-refractivity contribution in [2.45, 2.75) is 32.0 Å². The predicted octanol–water partition coefficient (Wildman–Crippen LogP) is -0.412. The number of primary amides is 1. The highest BCUT2D eigenvalue weighted by Crippen LogP contribution is 1.99. The van der Waals surface area contributed by atoms with E-state index in [4.69, 9.17) is 5.73 Å². The second-order valence-electron chi connectivity index (χ2n) is 2.98. The molecule has 0 fully saturated rings. The summed E-state index contributed by atoms with van der Waals surface area (Å²) in [7, 11) is 3.75. The second kappa shape index (κ2) is 6.68. The number of hydrogen-bond donors (Lipinski definition) is 4. The minimum Gasteiger partial charge on any atom is -0.352 e. The summed E-state index contributed by atoms with van der Waals surface area (Å²) in [4.78, 5) is 10.6. The van der Waals surface area contributed by atoms with E-state index in [0.29, 0.717) is 0 Å². The maximum atomic E-state index is 10.6. The molecule has 0 heterocycles. The number of nitrogens with two attached hydrogens (primary N) is 1. The fourth-order valence-electron chi connectivity index (χ4n) is 1.19. The monoisotopic (exact) mass is 188 g/mol. The van der Waals surface area contributed by atoms with Crippen molar-refractivity contribution in [2.75, 3.05) is 14.1 Å². The first-order valence-electron chi connectivity index (χ1n) is 4.54. The topological polar surface area (TPSA) is 79.2 Å². The normalized spacial score (nSPS) is 12.9. The summed E-state index contributed by atoms with van der Waals surface area (Å²) in [5.41, 5.74) is 5.04. The van der Waals surface area contributed by atoms with Crippen LogP contribution in [0.3, 0.4) is 0 Å². The smallest absolute Gasteiger partial charge is 0.312 e. The molecule has 0 bridgehead atoms. The van der Waals surface area contributed by atoms with Crippen molar-refractivity contribution in [3.63, 3.8) is 0 Å². The zero-order chi connectivity index (χ0) is 10.3. The zero-order valence-corrected chi connectivity index (χ0v) is 8.55. The molecule has 0 aromatic carbocycles. The molecular formula is C8H20N4O. The van der Waals surface area contributed by atoms with Crippen LogP contribution in [0.1, 0.15) is 19.8 Å². The molecule has 0 rings (SSSR count). The van der Waals surface area contributed by atoms with E-state index in [1.165, 1.54) is 0 Å². The summed E-state index contributed by atoms with van der Waals surface area (Å²) in [6.07, 6.45) is 1.91. The Hall–Kier alpha value is -0.810. The summed E-state index contributed by atoms with van der Waals surface area (Å²) >= 11 is 0. The van der Waals surface area contributed by atoms with Crippen molar-refractivity contribution in [3.05, 3.63) is 0 Å². The zero-order valence-electron chi connectivity index (χ0n) is 8.55. The fraction of sp³-hybridized carbons (Fsp3) is 0.875. The van der Waals surface area contributed by atoms with Crippen LogP contribution in [0.2, 0.25) is 0 Å². The molecule has 5 heteroatoms. The fourth-order valence-corrected chi connectivity index (χ4v) is 1.19. The third-order valence-corrected chi connectivity index (χ3v) is 2.06. The lowest BCUT2D eigenvalue weighted by atomic mass is 10.1. The van der Waals surface area contributed by atoms with Crippen molar-refractivity contribution in [2.24, 2.45) is 5.73 Å². The minimum atomic E-state index is -0.460. The quantitative estimate of drug-likeness (QED) is 0.428. The van der Waals surface area contributed by atoms with Crippen LogP contribution < -0.4 is 21.7 Å². The number of nitrogens with one attached hydrogen (secondary N) is 3. The van der Waals surface area contributed by atoms with Crippen molar-refractivity contribution in [1.82, 2.24) is 16.0 Å². The van der Waals surface area contributed by atoms with Gasteiger partial charge in [-0.3, -0.25) is 0 Å². The minimum absolute atomic E-state index is 0.127. The van der Waals surface area contributed by atoms with Gasteiger partial charge in [-0.05, 0) is 26.9 Å². The molecule has 1 atom stereocenters. The maximum absolute atomic E-state index is 10.6. The molecule has 0 aliphatic rings. The summed E-state index contributed by atoms with van der Waals surface area (Å²) < 4.78 is 0. The Morgan fingerprint density at radius 1 is 1.38 bits per heavy atom. The van der Waals surface area contributed by atoms with Crippen LogP contribution in [-0.4, -0.2) is 32.3 Å². The van der Waals surface area contributed by atoms with Gasteiger partial charge < -0.3 is 21.7 Å². The van der Waals surface area contributed by atoms with Crippen LogP contribution in [0.4, 0.5) is 4.79 Å². The van der Waals surface area contributed by atoms with Gasteiger partial charge in [-0.25, -0.2) is 4.79 Å². The summed E-state index contributed by atoms with van der Waals surface area (Å²) in [5.74, 6) is 0. The van der Waals surface area contributed by atoms with Gasteiger partial charge in [-0.15, -0.1) is 0 Å². The van der Waals surface area contributed by atoms with Crippen LogP contribution in [0.25, 0.3) is 0 Å². The van der Waals surface area contributed by atoms with Gasteiger partial charge in [-0.2, -0.15) is 0 Å². The summed E-state index contributed by atoms with van der Waals surface area (Å²) in [6, 6.07) is -0.333. The van der Waals surface area contributed by atoms with E-state index in [0.717, 1.165) is 12.8 Å². The number of carbonyl (C=O) groups is 1. The molecule has 2 amide bonds. The molecule has 0 radical (unpaired) electrons. The largest absolute Gasteiger partial charge is 0.352 e. The highest BCUT2D eigenvalue weighted by molar-refractivity contribution is 5.71. The molecule has 5 N–H and O–H groups in total. The van der Waals surface area contributed by atoms with Gasteiger partial charge in [0.05, 0.1) is 6.17 Å². The van der Waals surface area contributed by atoms with Crippen LogP contribution in [0.5, 0.6) is 0 Å². The summed E-state index contributed by atoms with van der Waals surface area (Å²) in [5, 5.41) is 8.86. The van der Waals surface area contributed by atoms with E-state index in [-0.39, 0.29) is 12.2 Å². The van der Waals surface area contributed by atoms with E-state index in [1.54, 1.807) is 0 Å². The molecule has 5 nitrogen and oxygen atoms in total. The van der Waals surface area contributed by atoms with Crippen molar-refractivity contribution in [1.29, 1.82) is 0 Å². The Balaban J connectivity index is 3.87. The number of urea groups is 1. The standard InChI is InChI=1S/C8H20N4O/c1-4-6(12-8(9)13)5-7(10-2)11-3/h6-7,10-11H,4-5H2,1-3H3,(H3,9,12,13). The van der Waals surface area contributed by atoms with Crippen LogP contribution in [0, 0.1) is 0 Å². The molecule has 0 aliphatic carbocycles. The van der Waals surface area contributed by atoms with E-state index in [2.05, 4.69) is 16.0 Å². The first-order chi connectivity index (χ1) is 6.13. The molecule has 1 unspecified atom stereocenters. The Kier molecular flexibility index (Phi) is 6.26. The molecule has 13 heavy (non-hydrogen) atoms. The highest BCUT2D eigenvalue weighted by Gasteiger charge is 2.12. The molecule has 0 saturated carbocycles. The van der Waals surface area contributed by atoms with Crippen LogP contribution in [-0.2, 0) is 0 Å².